The van der Waals surface area contributed by atoms with Crippen LogP contribution < -0.4 is 0 Å². The first-order chi connectivity index (χ1) is 12.6. The van der Waals surface area contributed by atoms with Crippen LogP contribution in [0.5, 0.6) is 0 Å². The van der Waals surface area contributed by atoms with Crippen molar-refractivity contribution in [1.29, 1.82) is 0 Å². The van der Waals surface area contributed by atoms with Crippen LogP contribution in [0, 0.1) is 34.5 Å². The molecule has 5 heteroatoms. The van der Waals surface area contributed by atoms with Gasteiger partial charge >= 0.3 is 0 Å². The van der Waals surface area contributed by atoms with E-state index in [-0.39, 0.29) is 41.3 Å². The number of halogens is 1. The van der Waals surface area contributed by atoms with Gasteiger partial charge in [0, 0.05) is 11.8 Å². The zero-order chi connectivity index (χ0) is 19.8. The SMILES string of the molecule is C[C@H]1C[C@@H]2[C@H]([C@H](O)C[C@]3(C)[C@H]2CC[C@]3(O)C(=O)CF)[C@]2(C)CCC(=O)C=C12. The van der Waals surface area contributed by atoms with Crippen molar-refractivity contribution in [2.75, 3.05) is 6.67 Å². The molecule has 2 N–H and O–H groups in total. The smallest absolute Gasteiger partial charge is 0.195 e. The maximum atomic E-state index is 13.2. The highest BCUT2D eigenvalue weighted by atomic mass is 19.1. The summed E-state index contributed by atoms with van der Waals surface area (Å²) in [5, 5.41) is 22.4. The number of aliphatic hydroxyl groups excluding tert-OH is 1. The van der Waals surface area contributed by atoms with E-state index in [2.05, 4.69) is 13.8 Å². The van der Waals surface area contributed by atoms with Crippen molar-refractivity contribution in [3.8, 4) is 0 Å². The van der Waals surface area contributed by atoms with E-state index in [9.17, 15) is 24.2 Å². The summed E-state index contributed by atoms with van der Waals surface area (Å²) in [6.45, 7) is 5.04. The van der Waals surface area contributed by atoms with E-state index in [1.54, 1.807) is 0 Å². The summed E-state index contributed by atoms with van der Waals surface area (Å²) < 4.78 is 13.2. The normalized spacial score (nSPS) is 51.9. The zero-order valence-corrected chi connectivity index (χ0v) is 16.5. The minimum atomic E-state index is -1.68. The van der Waals surface area contributed by atoms with Gasteiger partial charge in [-0.15, -0.1) is 0 Å². The molecule has 27 heavy (non-hydrogen) atoms. The van der Waals surface area contributed by atoms with Crippen molar-refractivity contribution >= 4 is 11.6 Å². The minimum absolute atomic E-state index is 0.0222. The highest BCUT2D eigenvalue weighted by molar-refractivity contribution is 5.92. The first-order valence-electron chi connectivity index (χ1n) is 10.3. The molecule has 8 atom stereocenters. The summed E-state index contributed by atoms with van der Waals surface area (Å²) in [7, 11) is 0. The number of hydrogen-bond donors (Lipinski definition) is 2. The molecule has 4 rings (SSSR count). The molecule has 0 heterocycles. The lowest BCUT2D eigenvalue weighted by molar-refractivity contribution is -0.183. The number of carbonyl (C=O) groups is 2. The molecule has 4 nitrogen and oxygen atoms in total. The van der Waals surface area contributed by atoms with Gasteiger partial charge in [0.15, 0.2) is 18.2 Å². The summed E-state index contributed by atoms with van der Waals surface area (Å²) in [5.74, 6) is -0.0475. The molecule has 0 aromatic heterocycles. The number of hydrogen-bond acceptors (Lipinski definition) is 4. The van der Waals surface area contributed by atoms with Gasteiger partial charge < -0.3 is 10.2 Å². The van der Waals surface area contributed by atoms with Crippen LogP contribution in [0.3, 0.4) is 0 Å². The molecule has 3 fully saturated rings. The fourth-order valence-electron chi connectivity index (χ4n) is 7.69. The van der Waals surface area contributed by atoms with Crippen molar-refractivity contribution < 1.29 is 24.2 Å². The predicted molar refractivity (Wildman–Crippen MR) is 98.6 cm³/mol. The standard InChI is InChI=1S/C22H31FO4/c1-12-8-14-15-5-7-22(27,18(26)11-23)21(15,3)10-17(25)19(14)20(2)6-4-13(24)9-16(12)20/h9,12,14-15,17,19,25,27H,4-8,10-11H2,1-3H3/t12-,14-,15-,17+,19+,20+,21+,22-/m0/s1. The van der Waals surface area contributed by atoms with Crippen LogP contribution >= 0.6 is 0 Å². The van der Waals surface area contributed by atoms with Crippen LogP contribution in [0.2, 0.25) is 0 Å². The maximum Gasteiger partial charge on any atom is 0.195 e. The number of rotatable bonds is 2. The molecule has 0 unspecified atom stereocenters. The van der Waals surface area contributed by atoms with Gasteiger partial charge in [-0.2, -0.15) is 0 Å². The van der Waals surface area contributed by atoms with Crippen molar-refractivity contribution in [3.05, 3.63) is 11.6 Å². The van der Waals surface area contributed by atoms with Gasteiger partial charge in [0.25, 0.3) is 0 Å². The molecule has 0 saturated heterocycles. The van der Waals surface area contributed by atoms with Gasteiger partial charge in [0.1, 0.15) is 5.60 Å². The van der Waals surface area contributed by atoms with Gasteiger partial charge in [-0.3, -0.25) is 9.59 Å². The van der Waals surface area contributed by atoms with Crippen LogP contribution in [0.4, 0.5) is 4.39 Å². The zero-order valence-electron chi connectivity index (χ0n) is 16.5. The second-order valence-electron chi connectivity index (χ2n) is 10.1. The van der Waals surface area contributed by atoms with Crippen LogP contribution in [-0.4, -0.2) is 40.2 Å². The van der Waals surface area contributed by atoms with Gasteiger partial charge in [-0.05, 0) is 67.3 Å². The van der Waals surface area contributed by atoms with Gasteiger partial charge in [0.2, 0.25) is 0 Å². The molecular formula is C22H31FO4. The molecule has 4 aliphatic carbocycles. The molecule has 0 aromatic rings. The number of allylic oxidation sites excluding steroid dienone is 1. The van der Waals surface area contributed by atoms with Crippen LogP contribution in [-0.2, 0) is 9.59 Å². The monoisotopic (exact) mass is 378 g/mol. The van der Waals surface area contributed by atoms with Crippen molar-refractivity contribution in [1.82, 2.24) is 0 Å². The lowest BCUT2D eigenvalue weighted by Gasteiger charge is -2.61. The molecule has 0 spiro atoms. The number of fused-ring (bicyclic) bond motifs is 5. The third-order valence-corrected chi connectivity index (χ3v) is 8.95. The second-order valence-corrected chi connectivity index (χ2v) is 10.1. The van der Waals surface area contributed by atoms with E-state index in [1.165, 1.54) is 0 Å². The Morgan fingerprint density at radius 1 is 1.33 bits per heavy atom. The molecule has 0 radical (unpaired) electrons. The van der Waals surface area contributed by atoms with Crippen molar-refractivity contribution in [3.63, 3.8) is 0 Å². The van der Waals surface area contributed by atoms with E-state index in [4.69, 9.17) is 0 Å². The van der Waals surface area contributed by atoms with Gasteiger partial charge in [-0.25, -0.2) is 4.39 Å². The van der Waals surface area contributed by atoms with Crippen molar-refractivity contribution in [2.24, 2.45) is 34.5 Å². The fourth-order valence-corrected chi connectivity index (χ4v) is 7.69. The predicted octanol–water partition coefficient (Wildman–Crippen LogP) is 3.00. The Morgan fingerprint density at radius 2 is 2.04 bits per heavy atom. The number of carbonyl (C=O) groups excluding carboxylic acids is 2. The van der Waals surface area contributed by atoms with Crippen LogP contribution in [0.25, 0.3) is 0 Å². The van der Waals surface area contributed by atoms with Crippen LogP contribution in [0.15, 0.2) is 11.6 Å². The quantitative estimate of drug-likeness (QED) is 0.775. The topological polar surface area (TPSA) is 74.6 Å². The molecule has 4 aliphatic rings. The third-order valence-electron chi connectivity index (χ3n) is 8.95. The van der Waals surface area contributed by atoms with E-state index < -0.39 is 29.6 Å². The molecule has 0 bridgehead atoms. The Balaban J connectivity index is 1.77. The van der Waals surface area contributed by atoms with Gasteiger partial charge in [0.05, 0.1) is 6.10 Å². The number of ketones is 2. The molecule has 3 saturated carbocycles. The van der Waals surface area contributed by atoms with E-state index in [0.717, 1.165) is 18.4 Å². The number of aliphatic hydroxyl groups is 2. The molecule has 0 amide bonds. The van der Waals surface area contributed by atoms with Crippen molar-refractivity contribution in [2.45, 2.75) is 71.0 Å². The molecule has 0 aromatic carbocycles. The van der Waals surface area contributed by atoms with E-state index >= 15 is 0 Å². The molecular weight excluding hydrogens is 347 g/mol. The van der Waals surface area contributed by atoms with E-state index in [1.807, 2.05) is 13.0 Å². The summed E-state index contributed by atoms with van der Waals surface area (Å²) >= 11 is 0. The maximum absolute atomic E-state index is 13.2. The average molecular weight is 378 g/mol. The first-order valence-corrected chi connectivity index (χ1v) is 10.3. The summed E-state index contributed by atoms with van der Waals surface area (Å²) in [4.78, 5) is 24.3. The Bertz CT molecular complexity index is 717. The minimum Gasteiger partial charge on any atom is -0.393 e. The Hall–Kier alpha value is -1.07. The summed E-state index contributed by atoms with van der Waals surface area (Å²) in [6, 6.07) is 0. The average Bonchev–Trinajstić information content (AvgIpc) is 2.87. The van der Waals surface area contributed by atoms with E-state index in [0.29, 0.717) is 19.3 Å². The lowest BCUT2D eigenvalue weighted by Crippen LogP contribution is -2.62. The largest absolute Gasteiger partial charge is 0.393 e. The Morgan fingerprint density at radius 3 is 2.70 bits per heavy atom. The summed E-state index contributed by atoms with van der Waals surface area (Å²) in [5.41, 5.74) is -1.53. The molecule has 150 valence electrons. The second kappa shape index (κ2) is 5.96. The summed E-state index contributed by atoms with van der Waals surface area (Å²) in [6.07, 6.45) is 4.52. The highest BCUT2D eigenvalue weighted by Gasteiger charge is 2.68. The number of alkyl halides is 1. The number of Topliss-reactive ketones (excluding diaryl/α,β-unsaturated/α-hetero) is 1. The lowest BCUT2D eigenvalue weighted by atomic mass is 9.44. The highest BCUT2D eigenvalue weighted by Crippen LogP contribution is 2.68. The molecule has 0 aliphatic heterocycles. The van der Waals surface area contributed by atoms with Crippen LogP contribution in [0.1, 0.15) is 59.3 Å². The third kappa shape index (κ3) is 2.33. The first kappa shape index (κ1) is 19.3. The Kier molecular flexibility index (Phi) is 4.25. The fraction of sp³-hybridized carbons (Fsp3) is 0.818. The Labute approximate surface area is 160 Å². The van der Waals surface area contributed by atoms with Gasteiger partial charge in [-0.1, -0.05) is 26.3 Å².